The van der Waals surface area contributed by atoms with Gasteiger partial charge in [0.15, 0.2) is 0 Å². The number of aromatic nitrogens is 3. The van der Waals surface area contributed by atoms with Crippen molar-refractivity contribution in [2.75, 3.05) is 13.7 Å². The smallest absolute Gasteiger partial charge is 0.138 e. The lowest BCUT2D eigenvalue weighted by atomic mass is 10.1. The van der Waals surface area contributed by atoms with Gasteiger partial charge in [0.25, 0.3) is 0 Å². The molecular formula is C10H18N4O. The Bertz CT molecular complexity index is 312. The molecule has 1 aliphatic heterocycles. The van der Waals surface area contributed by atoms with Crippen LogP contribution in [0.4, 0.5) is 0 Å². The molecule has 2 atom stereocenters. The molecule has 0 bridgehead atoms. The van der Waals surface area contributed by atoms with Crippen molar-refractivity contribution in [3.63, 3.8) is 0 Å². The summed E-state index contributed by atoms with van der Waals surface area (Å²) in [5.41, 5.74) is 0. The molecule has 0 saturated heterocycles. The number of rotatable bonds is 4. The van der Waals surface area contributed by atoms with Gasteiger partial charge in [0.2, 0.25) is 0 Å². The van der Waals surface area contributed by atoms with Crippen LogP contribution < -0.4 is 5.32 Å². The molecule has 0 amide bonds. The van der Waals surface area contributed by atoms with Crippen molar-refractivity contribution in [2.45, 2.75) is 38.4 Å². The maximum Gasteiger partial charge on any atom is 0.138 e. The molecule has 1 aromatic heterocycles. The lowest BCUT2D eigenvalue weighted by molar-refractivity contribution is 0.161. The fourth-order valence-corrected chi connectivity index (χ4v) is 2.07. The molecule has 1 N–H and O–H groups in total. The van der Waals surface area contributed by atoms with E-state index in [0.717, 1.165) is 31.8 Å². The Morgan fingerprint density at radius 2 is 2.60 bits per heavy atom. The molecule has 0 aliphatic carbocycles. The first-order valence-corrected chi connectivity index (χ1v) is 5.41. The van der Waals surface area contributed by atoms with E-state index >= 15 is 0 Å². The molecule has 2 unspecified atom stereocenters. The highest BCUT2D eigenvalue weighted by molar-refractivity contribution is 4.92. The summed E-state index contributed by atoms with van der Waals surface area (Å²) >= 11 is 0. The van der Waals surface area contributed by atoms with Crippen molar-refractivity contribution in [3.05, 3.63) is 12.2 Å². The van der Waals surface area contributed by atoms with E-state index in [1.54, 1.807) is 13.4 Å². The summed E-state index contributed by atoms with van der Waals surface area (Å²) in [6, 6.07) is 0.884. The van der Waals surface area contributed by atoms with Crippen LogP contribution in [0.15, 0.2) is 6.33 Å². The second kappa shape index (κ2) is 4.72. The van der Waals surface area contributed by atoms with Gasteiger partial charge in [-0.1, -0.05) is 0 Å². The number of methoxy groups -OCH3 is 1. The topological polar surface area (TPSA) is 52.0 Å². The third kappa shape index (κ3) is 2.54. The van der Waals surface area contributed by atoms with Gasteiger partial charge < -0.3 is 10.1 Å². The summed E-state index contributed by atoms with van der Waals surface area (Å²) in [6.45, 7) is 3.81. The van der Waals surface area contributed by atoms with Crippen molar-refractivity contribution < 1.29 is 4.74 Å². The molecule has 1 aliphatic rings. The zero-order chi connectivity index (χ0) is 10.7. The quantitative estimate of drug-likeness (QED) is 0.772. The van der Waals surface area contributed by atoms with Crippen molar-refractivity contribution >= 4 is 0 Å². The molecule has 0 spiro atoms. The molecule has 0 fully saturated rings. The lowest BCUT2D eigenvalue weighted by Gasteiger charge is -2.26. The number of fused-ring (bicyclic) bond motifs is 1. The van der Waals surface area contributed by atoms with Crippen molar-refractivity contribution in [1.29, 1.82) is 0 Å². The van der Waals surface area contributed by atoms with Crippen LogP contribution in [0.5, 0.6) is 0 Å². The number of hydrogen-bond donors (Lipinski definition) is 1. The predicted molar refractivity (Wildman–Crippen MR) is 56.6 cm³/mol. The highest BCUT2D eigenvalue weighted by atomic mass is 16.5. The molecule has 84 valence electrons. The molecule has 2 heterocycles. The minimum atomic E-state index is 0.394. The molecule has 5 nitrogen and oxygen atoms in total. The second-order valence-electron chi connectivity index (χ2n) is 4.12. The number of nitrogens with one attached hydrogen (secondary N) is 1. The Hall–Kier alpha value is -0.940. The van der Waals surface area contributed by atoms with E-state index in [1.807, 2.05) is 4.68 Å². The van der Waals surface area contributed by atoms with Crippen LogP contribution in [-0.2, 0) is 17.7 Å². The monoisotopic (exact) mass is 210 g/mol. The van der Waals surface area contributed by atoms with Crippen LogP contribution in [0.2, 0.25) is 0 Å². The van der Waals surface area contributed by atoms with Crippen LogP contribution in [0, 0.1) is 0 Å². The normalized spacial score (nSPS) is 22.4. The average Bonchev–Trinajstić information content (AvgIpc) is 2.65. The molecule has 0 aromatic carbocycles. The van der Waals surface area contributed by atoms with Gasteiger partial charge in [-0.15, -0.1) is 0 Å². The second-order valence-corrected chi connectivity index (χ2v) is 4.12. The van der Waals surface area contributed by atoms with Gasteiger partial charge in [0.05, 0.1) is 13.2 Å². The van der Waals surface area contributed by atoms with Crippen LogP contribution in [0.3, 0.4) is 0 Å². The Morgan fingerprint density at radius 1 is 1.73 bits per heavy atom. The van der Waals surface area contributed by atoms with Gasteiger partial charge in [-0.2, -0.15) is 5.10 Å². The fraction of sp³-hybridized carbons (Fsp3) is 0.800. The van der Waals surface area contributed by atoms with E-state index in [9.17, 15) is 0 Å². The van der Waals surface area contributed by atoms with Gasteiger partial charge in [0, 0.05) is 25.6 Å². The van der Waals surface area contributed by atoms with Crippen molar-refractivity contribution in [3.8, 4) is 0 Å². The summed E-state index contributed by atoms with van der Waals surface area (Å²) in [4.78, 5) is 4.21. The largest absolute Gasteiger partial charge is 0.383 e. The third-order valence-corrected chi connectivity index (χ3v) is 2.74. The van der Waals surface area contributed by atoms with Crippen LogP contribution in [-0.4, -0.2) is 40.6 Å². The summed E-state index contributed by atoms with van der Waals surface area (Å²) < 4.78 is 7.09. The predicted octanol–water partition coefficient (Wildman–Crippen LogP) is 0.217. The number of aryl methyl sites for hydroxylation is 1. The van der Waals surface area contributed by atoms with Crippen LogP contribution in [0.1, 0.15) is 19.2 Å². The summed E-state index contributed by atoms with van der Waals surface area (Å²) in [5, 5.41) is 7.73. The van der Waals surface area contributed by atoms with Gasteiger partial charge in [-0.25, -0.2) is 9.67 Å². The van der Waals surface area contributed by atoms with Gasteiger partial charge in [-0.05, 0) is 13.3 Å². The number of ether oxygens (including phenoxy) is 1. The first-order valence-electron chi connectivity index (χ1n) is 5.41. The third-order valence-electron chi connectivity index (χ3n) is 2.74. The molecule has 5 heteroatoms. The minimum Gasteiger partial charge on any atom is -0.383 e. The summed E-state index contributed by atoms with van der Waals surface area (Å²) in [6.07, 6.45) is 3.78. The molecule has 2 rings (SSSR count). The Labute approximate surface area is 89.8 Å². The van der Waals surface area contributed by atoms with Gasteiger partial charge >= 0.3 is 0 Å². The minimum absolute atomic E-state index is 0.394. The molecule has 0 saturated carbocycles. The Balaban J connectivity index is 1.87. The van der Waals surface area contributed by atoms with Crippen molar-refractivity contribution in [1.82, 2.24) is 20.1 Å². The molecule has 0 radical (unpaired) electrons. The number of hydrogen-bond acceptors (Lipinski definition) is 4. The van der Waals surface area contributed by atoms with E-state index in [0.29, 0.717) is 12.1 Å². The summed E-state index contributed by atoms with van der Waals surface area (Å²) in [7, 11) is 1.73. The first kappa shape index (κ1) is 10.6. The molecule has 15 heavy (non-hydrogen) atoms. The Morgan fingerprint density at radius 3 is 3.40 bits per heavy atom. The van der Waals surface area contributed by atoms with E-state index in [1.165, 1.54) is 0 Å². The van der Waals surface area contributed by atoms with Gasteiger partial charge in [0.1, 0.15) is 12.2 Å². The molecule has 1 aromatic rings. The van der Waals surface area contributed by atoms with E-state index in [4.69, 9.17) is 4.74 Å². The van der Waals surface area contributed by atoms with Crippen molar-refractivity contribution in [2.24, 2.45) is 0 Å². The van der Waals surface area contributed by atoms with Crippen LogP contribution in [0.25, 0.3) is 0 Å². The summed E-state index contributed by atoms with van der Waals surface area (Å²) in [5.74, 6) is 1.10. The zero-order valence-corrected chi connectivity index (χ0v) is 9.31. The maximum atomic E-state index is 5.10. The lowest BCUT2D eigenvalue weighted by Crippen LogP contribution is -2.44. The molecular weight excluding hydrogens is 192 g/mol. The maximum absolute atomic E-state index is 5.10. The van der Waals surface area contributed by atoms with E-state index in [-0.39, 0.29) is 0 Å². The van der Waals surface area contributed by atoms with Gasteiger partial charge in [-0.3, -0.25) is 0 Å². The Kier molecular flexibility index (Phi) is 3.33. The SMILES string of the molecule is COCC(C)NC1CCc2ncnn2C1. The van der Waals surface area contributed by atoms with E-state index in [2.05, 4.69) is 22.3 Å². The fourth-order valence-electron chi connectivity index (χ4n) is 2.07. The average molecular weight is 210 g/mol. The highest BCUT2D eigenvalue weighted by Gasteiger charge is 2.20. The standard InChI is InChI=1S/C10H18N4O/c1-8(6-15-2)13-9-3-4-10-11-7-12-14(10)5-9/h7-9,13H,3-6H2,1-2H3. The van der Waals surface area contributed by atoms with E-state index < -0.39 is 0 Å². The first-order chi connectivity index (χ1) is 7.29. The number of nitrogens with zero attached hydrogens (tertiary/aromatic N) is 3. The highest BCUT2D eigenvalue weighted by Crippen LogP contribution is 2.11. The van der Waals surface area contributed by atoms with Crippen LogP contribution >= 0.6 is 0 Å². The zero-order valence-electron chi connectivity index (χ0n) is 9.31.